The van der Waals surface area contributed by atoms with Gasteiger partial charge in [0.1, 0.15) is 0 Å². The van der Waals surface area contributed by atoms with E-state index in [-0.39, 0.29) is 4.75 Å². The molecule has 1 rings (SSSR count). The van der Waals surface area contributed by atoms with Gasteiger partial charge in [0.2, 0.25) is 0 Å². The van der Waals surface area contributed by atoms with Crippen LogP contribution in [0, 0.1) is 3.57 Å². The Morgan fingerprint density at radius 3 is 2.46 bits per heavy atom. The maximum absolute atomic E-state index is 6.17. The number of halogens is 2. The smallest absolute Gasteiger partial charge is 0.0675 e. The molecule has 0 bridgehead atoms. The second-order valence-electron chi connectivity index (χ2n) is 3.77. The van der Waals surface area contributed by atoms with Crippen LogP contribution < -0.4 is 0 Å². The second kappa shape index (κ2) is 4.41. The third-order valence-electron chi connectivity index (χ3n) is 1.33. The number of hydrogen-bond donors (Lipinski definition) is 0. The fraction of sp³-hybridized carbons (Fsp3) is 0.400. The van der Waals surface area contributed by atoms with Gasteiger partial charge in [0, 0.05) is 13.2 Å². The van der Waals surface area contributed by atoms with Gasteiger partial charge in [-0.3, -0.25) is 0 Å². The van der Waals surface area contributed by atoms with Crippen molar-refractivity contribution in [2.75, 3.05) is 0 Å². The van der Waals surface area contributed by atoms with Gasteiger partial charge in [0.25, 0.3) is 0 Å². The van der Waals surface area contributed by atoms with E-state index in [1.54, 1.807) is 11.8 Å². The molecule has 0 unspecified atom stereocenters. The van der Waals surface area contributed by atoms with E-state index < -0.39 is 0 Å². The van der Waals surface area contributed by atoms with Crippen LogP contribution in [0.4, 0.5) is 0 Å². The molecule has 0 aromatic heterocycles. The van der Waals surface area contributed by atoms with Crippen molar-refractivity contribution in [3.8, 4) is 0 Å². The van der Waals surface area contributed by atoms with Gasteiger partial charge < -0.3 is 0 Å². The molecule has 0 aliphatic rings. The van der Waals surface area contributed by atoms with E-state index in [0.29, 0.717) is 0 Å². The highest BCUT2D eigenvalue weighted by atomic mass is 127. The lowest BCUT2D eigenvalue weighted by Gasteiger charge is -2.18. The highest BCUT2D eigenvalue weighted by molar-refractivity contribution is 14.1. The molecule has 0 atom stereocenters. The summed E-state index contributed by atoms with van der Waals surface area (Å²) >= 11 is 10.2. The summed E-state index contributed by atoms with van der Waals surface area (Å²) < 4.78 is 1.34. The average Bonchev–Trinajstić information content (AvgIpc) is 1.96. The number of rotatable bonds is 1. The lowest BCUT2D eigenvalue weighted by Crippen LogP contribution is -2.06. The van der Waals surface area contributed by atoms with Crippen LogP contribution >= 0.6 is 46.0 Å². The monoisotopic (exact) mass is 326 g/mol. The Morgan fingerprint density at radius 2 is 1.92 bits per heavy atom. The van der Waals surface area contributed by atoms with Crippen molar-refractivity contribution in [2.24, 2.45) is 0 Å². The maximum Gasteiger partial charge on any atom is 0.0675 e. The highest BCUT2D eigenvalue weighted by Crippen LogP contribution is 2.37. The summed E-state index contributed by atoms with van der Waals surface area (Å²) in [7, 11) is 0. The topological polar surface area (TPSA) is 0 Å². The van der Waals surface area contributed by atoms with E-state index >= 15 is 0 Å². The van der Waals surface area contributed by atoms with Crippen molar-refractivity contribution in [3.63, 3.8) is 0 Å². The number of benzene rings is 1. The summed E-state index contributed by atoms with van der Waals surface area (Å²) in [5.74, 6) is 0. The van der Waals surface area contributed by atoms with E-state index in [0.717, 1.165) is 8.59 Å². The molecule has 0 saturated carbocycles. The molecule has 1 aromatic carbocycles. The zero-order valence-electron chi connectivity index (χ0n) is 7.90. The molecule has 72 valence electrons. The highest BCUT2D eigenvalue weighted by Gasteiger charge is 2.14. The molecule has 0 aliphatic heterocycles. The Kier molecular flexibility index (Phi) is 3.95. The van der Waals surface area contributed by atoms with Crippen LogP contribution in [0.15, 0.2) is 23.1 Å². The lowest BCUT2D eigenvalue weighted by atomic mass is 10.3. The Hall–Kier alpha value is 0.590. The van der Waals surface area contributed by atoms with Crippen LogP contribution in [0.5, 0.6) is 0 Å². The van der Waals surface area contributed by atoms with Gasteiger partial charge in [-0.1, -0.05) is 38.4 Å². The third kappa shape index (κ3) is 3.68. The molecular formula is C10H12ClIS. The minimum Gasteiger partial charge on any atom is -0.119 e. The Morgan fingerprint density at radius 1 is 1.31 bits per heavy atom. The van der Waals surface area contributed by atoms with Crippen molar-refractivity contribution >= 4 is 46.0 Å². The molecule has 0 radical (unpaired) electrons. The second-order valence-corrected chi connectivity index (χ2v) is 7.18. The van der Waals surface area contributed by atoms with Crippen molar-refractivity contribution < 1.29 is 0 Å². The first-order chi connectivity index (χ1) is 5.90. The molecule has 0 spiro atoms. The first-order valence-electron chi connectivity index (χ1n) is 4.03. The predicted octanol–water partition coefficient (Wildman–Crippen LogP) is 4.84. The van der Waals surface area contributed by atoms with Crippen molar-refractivity contribution in [3.05, 3.63) is 26.8 Å². The molecule has 0 heterocycles. The largest absolute Gasteiger partial charge is 0.119 e. The molecule has 13 heavy (non-hydrogen) atoms. The fourth-order valence-corrected chi connectivity index (χ4v) is 2.82. The third-order valence-corrected chi connectivity index (χ3v) is 4.24. The normalized spacial score (nSPS) is 11.8. The molecular weight excluding hydrogens is 315 g/mol. The maximum atomic E-state index is 6.17. The summed E-state index contributed by atoms with van der Waals surface area (Å²) in [6.07, 6.45) is 0. The first kappa shape index (κ1) is 11.7. The summed E-state index contributed by atoms with van der Waals surface area (Å²) in [5.41, 5.74) is 0. The summed E-state index contributed by atoms with van der Waals surface area (Å²) in [5, 5.41) is 0.878. The van der Waals surface area contributed by atoms with Crippen LogP contribution in [-0.2, 0) is 0 Å². The van der Waals surface area contributed by atoms with Gasteiger partial charge in [-0.15, -0.1) is 11.8 Å². The van der Waals surface area contributed by atoms with Gasteiger partial charge in [0.05, 0.1) is 5.02 Å². The molecule has 0 amide bonds. The lowest BCUT2D eigenvalue weighted by molar-refractivity contribution is 0.803. The molecule has 0 N–H and O–H groups in total. The van der Waals surface area contributed by atoms with E-state index in [9.17, 15) is 0 Å². The van der Waals surface area contributed by atoms with E-state index in [1.165, 1.54) is 4.90 Å². The van der Waals surface area contributed by atoms with Crippen LogP contribution in [0.3, 0.4) is 0 Å². The van der Waals surface area contributed by atoms with E-state index in [2.05, 4.69) is 49.4 Å². The van der Waals surface area contributed by atoms with Crippen molar-refractivity contribution in [2.45, 2.75) is 30.4 Å². The minimum atomic E-state index is 0.216. The summed E-state index contributed by atoms with van der Waals surface area (Å²) in [6, 6.07) is 6.14. The zero-order chi connectivity index (χ0) is 10.1. The Labute approximate surface area is 103 Å². The zero-order valence-corrected chi connectivity index (χ0v) is 11.6. The summed E-state index contributed by atoms with van der Waals surface area (Å²) in [6.45, 7) is 6.57. The number of hydrogen-bond acceptors (Lipinski definition) is 1. The molecule has 0 saturated heterocycles. The van der Waals surface area contributed by atoms with Crippen LogP contribution in [-0.4, -0.2) is 4.75 Å². The molecule has 3 heteroatoms. The SMILES string of the molecule is CC(C)(C)Sc1cccc(I)c1Cl. The average molecular weight is 327 g/mol. The Bertz CT molecular complexity index is 304. The van der Waals surface area contributed by atoms with Gasteiger partial charge in [0.15, 0.2) is 0 Å². The van der Waals surface area contributed by atoms with Crippen LogP contribution in [0.2, 0.25) is 5.02 Å². The van der Waals surface area contributed by atoms with Crippen molar-refractivity contribution in [1.29, 1.82) is 0 Å². The Balaban J connectivity index is 2.96. The van der Waals surface area contributed by atoms with Gasteiger partial charge in [-0.05, 0) is 34.7 Å². The predicted molar refractivity (Wildman–Crippen MR) is 69.8 cm³/mol. The first-order valence-corrected chi connectivity index (χ1v) is 6.30. The minimum absolute atomic E-state index is 0.216. The van der Waals surface area contributed by atoms with Crippen LogP contribution in [0.25, 0.3) is 0 Å². The molecule has 0 aliphatic carbocycles. The quantitative estimate of drug-likeness (QED) is 0.526. The van der Waals surface area contributed by atoms with E-state index in [4.69, 9.17) is 11.6 Å². The van der Waals surface area contributed by atoms with Crippen LogP contribution in [0.1, 0.15) is 20.8 Å². The fourth-order valence-electron chi connectivity index (χ4n) is 0.893. The van der Waals surface area contributed by atoms with Gasteiger partial charge in [-0.25, -0.2) is 0 Å². The number of thioether (sulfide) groups is 1. The molecule has 0 fully saturated rings. The molecule has 0 nitrogen and oxygen atoms in total. The molecule has 1 aromatic rings. The standard InChI is InChI=1S/C10H12ClIS/c1-10(2,3)13-8-6-4-5-7(12)9(8)11/h4-6H,1-3H3. The van der Waals surface area contributed by atoms with Crippen molar-refractivity contribution in [1.82, 2.24) is 0 Å². The van der Waals surface area contributed by atoms with Gasteiger partial charge >= 0.3 is 0 Å². The van der Waals surface area contributed by atoms with Gasteiger partial charge in [-0.2, -0.15) is 0 Å². The van der Waals surface area contributed by atoms with E-state index in [1.807, 2.05) is 12.1 Å². The summed E-state index contributed by atoms with van der Waals surface area (Å²) in [4.78, 5) is 1.17.